The summed E-state index contributed by atoms with van der Waals surface area (Å²) in [6, 6.07) is 1.85. The first kappa shape index (κ1) is 19.9. The lowest BCUT2D eigenvalue weighted by atomic mass is 10.3. The molecule has 2 rings (SSSR count). The molecule has 1 aliphatic heterocycles. The fraction of sp³-hybridized carbons (Fsp3) is 0.667. The van der Waals surface area contributed by atoms with Crippen LogP contribution in [0.5, 0.6) is 0 Å². The van der Waals surface area contributed by atoms with Gasteiger partial charge in [-0.2, -0.15) is 0 Å². The van der Waals surface area contributed by atoms with Gasteiger partial charge in [-0.15, -0.1) is 24.0 Å². The van der Waals surface area contributed by atoms with Crippen molar-refractivity contribution in [2.24, 2.45) is 4.99 Å². The molecular weight excluding hydrogens is 405 g/mol. The molecule has 130 valence electrons. The Kier molecular flexibility index (Phi) is 9.85. The summed E-state index contributed by atoms with van der Waals surface area (Å²) in [5.74, 6) is 1.72. The molecule has 0 bridgehead atoms. The first-order valence-electron chi connectivity index (χ1n) is 8.02. The van der Waals surface area contributed by atoms with Gasteiger partial charge in [-0.1, -0.05) is 6.92 Å². The minimum atomic E-state index is 0. The topological polar surface area (TPSA) is 68.7 Å². The van der Waals surface area contributed by atoms with Crippen LogP contribution < -0.4 is 15.5 Å². The third-order valence-electron chi connectivity index (χ3n) is 3.69. The number of piperazine rings is 1. The molecule has 0 amide bonds. The molecule has 0 unspecified atom stereocenters. The Hall–Kier alpha value is -1.16. The quantitative estimate of drug-likeness (QED) is 0.393. The SMILES string of the molecule is CCCNC(=NC)NCCN1CCN(c2ncccn2)CC1.I. The van der Waals surface area contributed by atoms with Crippen molar-refractivity contribution >= 4 is 35.9 Å². The summed E-state index contributed by atoms with van der Waals surface area (Å²) in [7, 11) is 1.81. The fourth-order valence-corrected chi connectivity index (χ4v) is 2.42. The Morgan fingerprint density at radius 1 is 1.13 bits per heavy atom. The molecule has 1 aromatic rings. The number of halogens is 1. The highest BCUT2D eigenvalue weighted by atomic mass is 127. The van der Waals surface area contributed by atoms with Crippen LogP contribution in [0.4, 0.5) is 5.95 Å². The molecular formula is C15H28IN7. The number of aliphatic imine (C=N–C) groups is 1. The van der Waals surface area contributed by atoms with E-state index in [4.69, 9.17) is 0 Å². The first-order valence-corrected chi connectivity index (χ1v) is 8.02. The second kappa shape index (κ2) is 11.4. The highest BCUT2D eigenvalue weighted by Gasteiger charge is 2.18. The maximum absolute atomic E-state index is 4.31. The zero-order valence-electron chi connectivity index (χ0n) is 14.0. The number of nitrogens with one attached hydrogen (secondary N) is 2. The smallest absolute Gasteiger partial charge is 0.225 e. The van der Waals surface area contributed by atoms with Crippen LogP contribution in [0.2, 0.25) is 0 Å². The van der Waals surface area contributed by atoms with Crippen molar-refractivity contribution in [3.8, 4) is 0 Å². The van der Waals surface area contributed by atoms with Gasteiger partial charge in [0.2, 0.25) is 5.95 Å². The summed E-state index contributed by atoms with van der Waals surface area (Å²) < 4.78 is 0. The number of aromatic nitrogens is 2. The monoisotopic (exact) mass is 433 g/mol. The number of nitrogens with zero attached hydrogens (tertiary/aromatic N) is 5. The molecule has 23 heavy (non-hydrogen) atoms. The Morgan fingerprint density at radius 2 is 1.78 bits per heavy atom. The highest BCUT2D eigenvalue weighted by molar-refractivity contribution is 14.0. The average Bonchev–Trinajstić information content (AvgIpc) is 2.59. The van der Waals surface area contributed by atoms with E-state index in [1.807, 2.05) is 13.1 Å². The van der Waals surface area contributed by atoms with E-state index in [-0.39, 0.29) is 24.0 Å². The van der Waals surface area contributed by atoms with Crippen LogP contribution in [-0.4, -0.2) is 73.7 Å². The minimum Gasteiger partial charge on any atom is -0.356 e. The summed E-state index contributed by atoms with van der Waals surface area (Å²) >= 11 is 0. The lowest BCUT2D eigenvalue weighted by Crippen LogP contribution is -2.49. The molecule has 0 aromatic carbocycles. The summed E-state index contributed by atoms with van der Waals surface area (Å²) in [5.41, 5.74) is 0. The lowest BCUT2D eigenvalue weighted by molar-refractivity contribution is 0.260. The molecule has 2 N–H and O–H groups in total. The molecule has 1 aromatic heterocycles. The van der Waals surface area contributed by atoms with E-state index in [1.165, 1.54) is 0 Å². The van der Waals surface area contributed by atoms with Crippen LogP contribution in [-0.2, 0) is 0 Å². The van der Waals surface area contributed by atoms with Gasteiger partial charge in [0, 0.05) is 65.3 Å². The average molecular weight is 433 g/mol. The predicted molar refractivity (Wildman–Crippen MR) is 106 cm³/mol. The van der Waals surface area contributed by atoms with Crippen LogP contribution in [0.1, 0.15) is 13.3 Å². The van der Waals surface area contributed by atoms with Crippen molar-refractivity contribution < 1.29 is 0 Å². The molecule has 0 radical (unpaired) electrons. The Morgan fingerprint density at radius 3 is 2.39 bits per heavy atom. The maximum Gasteiger partial charge on any atom is 0.225 e. The van der Waals surface area contributed by atoms with E-state index in [1.54, 1.807) is 12.4 Å². The summed E-state index contributed by atoms with van der Waals surface area (Å²) in [4.78, 5) is 17.5. The van der Waals surface area contributed by atoms with Gasteiger partial charge >= 0.3 is 0 Å². The van der Waals surface area contributed by atoms with Crippen molar-refractivity contribution in [2.45, 2.75) is 13.3 Å². The normalized spacial score (nSPS) is 15.9. The molecule has 0 spiro atoms. The van der Waals surface area contributed by atoms with Crippen LogP contribution in [0, 0.1) is 0 Å². The minimum absolute atomic E-state index is 0. The second-order valence-corrected chi connectivity index (χ2v) is 5.30. The van der Waals surface area contributed by atoms with Gasteiger partial charge < -0.3 is 15.5 Å². The summed E-state index contributed by atoms with van der Waals surface area (Å²) in [5, 5.41) is 6.63. The summed E-state index contributed by atoms with van der Waals surface area (Å²) in [6.45, 7) is 9.08. The van der Waals surface area contributed by atoms with Crippen molar-refractivity contribution in [3.63, 3.8) is 0 Å². The highest BCUT2D eigenvalue weighted by Crippen LogP contribution is 2.08. The van der Waals surface area contributed by atoms with Crippen molar-refractivity contribution in [2.75, 3.05) is 57.8 Å². The zero-order valence-corrected chi connectivity index (χ0v) is 16.4. The largest absolute Gasteiger partial charge is 0.356 e. The number of hydrogen-bond donors (Lipinski definition) is 2. The zero-order chi connectivity index (χ0) is 15.6. The Bertz CT molecular complexity index is 446. The van der Waals surface area contributed by atoms with Crippen LogP contribution in [0.25, 0.3) is 0 Å². The second-order valence-electron chi connectivity index (χ2n) is 5.30. The number of rotatable bonds is 6. The third kappa shape index (κ3) is 6.86. The fourth-order valence-electron chi connectivity index (χ4n) is 2.42. The van der Waals surface area contributed by atoms with E-state index >= 15 is 0 Å². The predicted octanol–water partition coefficient (Wildman–Crippen LogP) is 0.792. The van der Waals surface area contributed by atoms with Gasteiger partial charge in [-0.3, -0.25) is 9.89 Å². The van der Waals surface area contributed by atoms with Gasteiger partial charge in [-0.25, -0.2) is 9.97 Å². The van der Waals surface area contributed by atoms with E-state index in [9.17, 15) is 0 Å². The standard InChI is InChI=1S/C15H27N7.HI/c1-3-5-17-14(16-2)18-8-9-21-10-12-22(13-11-21)15-19-6-4-7-20-15;/h4,6-7H,3,5,8-13H2,1-2H3,(H2,16,17,18);1H. The van der Waals surface area contributed by atoms with Crippen molar-refractivity contribution in [3.05, 3.63) is 18.5 Å². The van der Waals surface area contributed by atoms with Crippen molar-refractivity contribution in [1.29, 1.82) is 0 Å². The van der Waals surface area contributed by atoms with E-state index in [0.717, 1.165) is 64.1 Å². The van der Waals surface area contributed by atoms with Crippen molar-refractivity contribution in [1.82, 2.24) is 25.5 Å². The van der Waals surface area contributed by atoms with E-state index < -0.39 is 0 Å². The van der Waals surface area contributed by atoms with E-state index in [2.05, 4.69) is 42.3 Å². The molecule has 0 atom stereocenters. The van der Waals surface area contributed by atoms with Gasteiger partial charge in [0.15, 0.2) is 5.96 Å². The lowest BCUT2D eigenvalue weighted by Gasteiger charge is -2.34. The molecule has 1 saturated heterocycles. The third-order valence-corrected chi connectivity index (χ3v) is 3.69. The molecule has 1 fully saturated rings. The van der Waals surface area contributed by atoms with Crippen LogP contribution >= 0.6 is 24.0 Å². The van der Waals surface area contributed by atoms with Gasteiger partial charge in [0.25, 0.3) is 0 Å². The molecule has 1 aliphatic rings. The number of guanidine groups is 1. The van der Waals surface area contributed by atoms with Gasteiger partial charge in [0.1, 0.15) is 0 Å². The molecule has 0 aliphatic carbocycles. The Labute approximate surface area is 156 Å². The Balaban J connectivity index is 0.00000264. The number of hydrogen-bond acceptors (Lipinski definition) is 5. The summed E-state index contributed by atoms with van der Waals surface area (Å²) in [6.07, 6.45) is 4.70. The van der Waals surface area contributed by atoms with Crippen LogP contribution in [0.3, 0.4) is 0 Å². The number of anilines is 1. The molecule has 7 nitrogen and oxygen atoms in total. The van der Waals surface area contributed by atoms with Gasteiger partial charge in [-0.05, 0) is 12.5 Å². The molecule has 2 heterocycles. The van der Waals surface area contributed by atoms with Gasteiger partial charge in [0.05, 0.1) is 0 Å². The first-order chi connectivity index (χ1) is 10.8. The molecule has 0 saturated carbocycles. The van der Waals surface area contributed by atoms with Crippen LogP contribution in [0.15, 0.2) is 23.5 Å². The maximum atomic E-state index is 4.31. The molecule has 8 heteroatoms. The van der Waals surface area contributed by atoms with E-state index in [0.29, 0.717) is 0 Å².